The lowest BCUT2D eigenvalue weighted by molar-refractivity contribution is 0.122. The normalized spacial score (nSPS) is 16.6. The van der Waals surface area contributed by atoms with Crippen LogP contribution in [-0.2, 0) is 21.4 Å². The van der Waals surface area contributed by atoms with Gasteiger partial charge in [0, 0.05) is 57.3 Å². The van der Waals surface area contributed by atoms with Crippen LogP contribution in [0.5, 0.6) is 0 Å². The number of nitrogens with one attached hydrogen (secondary N) is 1. The van der Waals surface area contributed by atoms with Gasteiger partial charge in [0.1, 0.15) is 17.1 Å². The fourth-order valence-corrected chi connectivity index (χ4v) is 5.14. The second kappa shape index (κ2) is 9.39. The third-order valence-electron chi connectivity index (χ3n) is 6.47. The van der Waals surface area contributed by atoms with Gasteiger partial charge >= 0.3 is 10.2 Å². The number of hydrogen-bond donors (Lipinski definition) is 1. The first kappa shape index (κ1) is 23.8. The number of pyridine rings is 1. The third kappa shape index (κ3) is 4.77. The van der Waals surface area contributed by atoms with Gasteiger partial charge in [0.2, 0.25) is 5.95 Å². The summed E-state index contributed by atoms with van der Waals surface area (Å²) in [5.74, 6) is 2.36. The van der Waals surface area contributed by atoms with Crippen LogP contribution < -0.4 is 10.2 Å². The van der Waals surface area contributed by atoms with E-state index >= 15 is 0 Å². The highest BCUT2D eigenvalue weighted by Crippen LogP contribution is 2.35. The molecule has 1 aliphatic heterocycles. The van der Waals surface area contributed by atoms with E-state index in [4.69, 9.17) is 14.1 Å². The minimum absolute atomic E-state index is 0.254. The van der Waals surface area contributed by atoms with Crippen LogP contribution in [0.25, 0.3) is 22.4 Å². The molecule has 0 bridgehead atoms. The number of nitrogens with zero attached hydrogens (tertiary/aromatic N) is 7. The molecule has 12 nitrogen and oxygen atoms in total. The quantitative estimate of drug-likeness (QED) is 0.367. The van der Waals surface area contributed by atoms with Gasteiger partial charge in [0.15, 0.2) is 11.4 Å². The lowest BCUT2D eigenvalue weighted by atomic mass is 10.2. The monoisotopic (exact) mass is 524 g/mol. The molecule has 13 heteroatoms. The van der Waals surface area contributed by atoms with Gasteiger partial charge in [-0.3, -0.25) is 4.98 Å². The fraction of sp³-hybridized carbons (Fsp3) is 0.417. The number of fused-ring (bicyclic) bond motifs is 1. The van der Waals surface area contributed by atoms with Crippen LogP contribution in [-0.4, -0.2) is 77.3 Å². The second-order valence-electron chi connectivity index (χ2n) is 9.46. The van der Waals surface area contributed by atoms with Gasteiger partial charge in [-0.05, 0) is 37.3 Å². The molecule has 37 heavy (non-hydrogen) atoms. The van der Waals surface area contributed by atoms with E-state index in [1.165, 1.54) is 14.1 Å². The standard InChI is InChI=1S/C24H28N8O4S/c1-30(2)37(33,34)32-21(14-18(29-32)13-16-3-4-16)27-24-26-19-15-20(17-5-7-25-8-6-17)36-22(19)23(28-24)31-9-11-35-12-10-31/h5-8,14-16H,3-4,9-13H2,1-2H3,(H,26,27,28). The Hall–Kier alpha value is -3.55. The molecule has 0 atom stereocenters. The van der Waals surface area contributed by atoms with Crippen LogP contribution in [0.2, 0.25) is 0 Å². The lowest BCUT2D eigenvalue weighted by Gasteiger charge is -2.27. The number of ether oxygens (including phenoxy) is 1. The lowest BCUT2D eigenvalue weighted by Crippen LogP contribution is -2.37. The molecule has 194 valence electrons. The summed E-state index contributed by atoms with van der Waals surface area (Å²) in [6.07, 6.45) is 6.42. The molecule has 0 unspecified atom stereocenters. The van der Waals surface area contributed by atoms with E-state index in [0.717, 1.165) is 33.2 Å². The molecule has 6 rings (SSSR count). The topological polar surface area (TPSA) is 132 Å². The summed E-state index contributed by atoms with van der Waals surface area (Å²) < 4.78 is 40.0. The van der Waals surface area contributed by atoms with Crippen molar-refractivity contribution in [2.24, 2.45) is 5.92 Å². The Labute approximate surface area is 214 Å². The van der Waals surface area contributed by atoms with Crippen molar-refractivity contribution in [2.45, 2.75) is 19.3 Å². The summed E-state index contributed by atoms with van der Waals surface area (Å²) in [5.41, 5.74) is 2.75. The Morgan fingerprint density at radius 2 is 1.86 bits per heavy atom. The van der Waals surface area contributed by atoms with E-state index in [9.17, 15) is 8.42 Å². The van der Waals surface area contributed by atoms with Crippen LogP contribution in [0.4, 0.5) is 17.6 Å². The summed E-state index contributed by atoms with van der Waals surface area (Å²) in [5, 5.41) is 7.55. The average Bonchev–Trinajstić information content (AvgIpc) is 3.46. The molecule has 5 heterocycles. The zero-order chi connectivity index (χ0) is 25.6. The van der Waals surface area contributed by atoms with Gasteiger partial charge in [-0.1, -0.05) is 0 Å². The van der Waals surface area contributed by atoms with E-state index in [1.807, 2.05) is 18.2 Å². The number of anilines is 3. The Morgan fingerprint density at radius 3 is 2.57 bits per heavy atom. The van der Waals surface area contributed by atoms with Crippen molar-refractivity contribution < 1.29 is 17.6 Å². The first-order valence-electron chi connectivity index (χ1n) is 12.2. The number of aromatic nitrogens is 5. The summed E-state index contributed by atoms with van der Waals surface area (Å²) in [6.45, 7) is 2.44. The van der Waals surface area contributed by atoms with E-state index < -0.39 is 10.2 Å². The molecule has 2 aliphatic rings. The van der Waals surface area contributed by atoms with E-state index in [0.29, 0.717) is 60.6 Å². The Bertz CT molecular complexity index is 1520. The van der Waals surface area contributed by atoms with Gasteiger partial charge < -0.3 is 19.4 Å². The Kier molecular flexibility index (Phi) is 6.05. The van der Waals surface area contributed by atoms with E-state index in [1.54, 1.807) is 18.5 Å². The highest BCUT2D eigenvalue weighted by atomic mass is 32.2. The summed E-state index contributed by atoms with van der Waals surface area (Å²) in [4.78, 5) is 15.6. The van der Waals surface area contributed by atoms with E-state index in [2.05, 4.69) is 25.3 Å². The third-order valence-corrected chi connectivity index (χ3v) is 8.11. The van der Waals surface area contributed by atoms with Crippen molar-refractivity contribution in [1.82, 2.24) is 28.4 Å². The van der Waals surface area contributed by atoms with Crippen molar-refractivity contribution in [3.05, 3.63) is 42.4 Å². The molecule has 0 spiro atoms. The highest BCUT2D eigenvalue weighted by Gasteiger charge is 2.28. The van der Waals surface area contributed by atoms with Crippen LogP contribution >= 0.6 is 0 Å². The molecule has 4 aromatic rings. The molecule has 0 aromatic carbocycles. The minimum Gasteiger partial charge on any atom is -0.450 e. The van der Waals surface area contributed by atoms with Crippen LogP contribution in [0.3, 0.4) is 0 Å². The predicted molar refractivity (Wildman–Crippen MR) is 138 cm³/mol. The first-order chi connectivity index (χ1) is 17.9. The number of rotatable bonds is 8. The molecule has 0 amide bonds. The number of furan rings is 1. The maximum absolute atomic E-state index is 13.0. The largest absolute Gasteiger partial charge is 0.450 e. The van der Waals surface area contributed by atoms with Crippen molar-refractivity contribution in [2.75, 3.05) is 50.6 Å². The number of morpholine rings is 1. The average molecular weight is 525 g/mol. The van der Waals surface area contributed by atoms with Crippen molar-refractivity contribution in [3.63, 3.8) is 0 Å². The zero-order valence-electron chi connectivity index (χ0n) is 20.7. The van der Waals surface area contributed by atoms with Gasteiger partial charge in [0.25, 0.3) is 0 Å². The maximum Gasteiger partial charge on any atom is 0.324 e. The number of hydrogen-bond acceptors (Lipinski definition) is 10. The first-order valence-corrected chi connectivity index (χ1v) is 13.6. The van der Waals surface area contributed by atoms with Gasteiger partial charge in [-0.15, -0.1) is 4.09 Å². The summed E-state index contributed by atoms with van der Waals surface area (Å²) >= 11 is 0. The molecule has 1 saturated carbocycles. The molecule has 2 fully saturated rings. The van der Waals surface area contributed by atoms with Crippen LogP contribution in [0.1, 0.15) is 18.5 Å². The molecule has 0 radical (unpaired) electrons. The Balaban J connectivity index is 1.43. The molecular weight excluding hydrogens is 496 g/mol. The Morgan fingerprint density at radius 1 is 1.11 bits per heavy atom. The fourth-order valence-electron chi connectivity index (χ4n) is 4.28. The van der Waals surface area contributed by atoms with Crippen LogP contribution in [0, 0.1) is 5.92 Å². The molecule has 1 aliphatic carbocycles. The van der Waals surface area contributed by atoms with E-state index in [-0.39, 0.29) is 11.8 Å². The smallest absolute Gasteiger partial charge is 0.324 e. The molecule has 1 saturated heterocycles. The molecule has 1 N–H and O–H groups in total. The highest BCUT2D eigenvalue weighted by molar-refractivity contribution is 7.87. The van der Waals surface area contributed by atoms with Crippen LogP contribution in [0.15, 0.2) is 41.1 Å². The van der Waals surface area contributed by atoms with Gasteiger partial charge in [-0.25, -0.2) is 4.98 Å². The minimum atomic E-state index is -3.86. The van der Waals surface area contributed by atoms with Gasteiger partial charge in [0.05, 0.1) is 18.9 Å². The van der Waals surface area contributed by atoms with Crippen molar-refractivity contribution in [3.8, 4) is 11.3 Å². The zero-order valence-corrected chi connectivity index (χ0v) is 21.5. The van der Waals surface area contributed by atoms with Crippen molar-refractivity contribution in [1.29, 1.82) is 0 Å². The molecular formula is C24H28N8O4S. The summed E-state index contributed by atoms with van der Waals surface area (Å²) in [6, 6.07) is 7.35. The van der Waals surface area contributed by atoms with Crippen molar-refractivity contribution >= 4 is 38.9 Å². The summed E-state index contributed by atoms with van der Waals surface area (Å²) in [7, 11) is -0.900. The molecule has 4 aromatic heterocycles. The predicted octanol–water partition coefficient (Wildman–Crippen LogP) is 2.67. The SMILES string of the molecule is CN(C)S(=O)(=O)n1nc(CC2CC2)cc1Nc1nc(N2CCOCC2)c2oc(-c3ccncc3)cc2n1. The van der Waals surface area contributed by atoms with Gasteiger partial charge in [-0.2, -0.15) is 22.8 Å². The maximum atomic E-state index is 13.0. The second-order valence-corrected chi connectivity index (χ2v) is 11.4.